The first-order valence-electron chi connectivity index (χ1n) is 6.18. The quantitative estimate of drug-likeness (QED) is 0.772. The second-order valence-corrected chi connectivity index (χ2v) is 5.54. The molecule has 2 N–H and O–H groups in total. The fraction of sp³-hybridized carbons (Fsp3) is 0.200. The van der Waals surface area contributed by atoms with Gasteiger partial charge in [-0.2, -0.15) is 0 Å². The lowest BCUT2D eigenvalue weighted by molar-refractivity contribution is 0.299. The Bertz CT molecular complexity index is 584. The van der Waals surface area contributed by atoms with Crippen molar-refractivity contribution in [2.45, 2.75) is 13.0 Å². The van der Waals surface area contributed by atoms with Crippen LogP contribution in [0, 0.1) is 0 Å². The van der Waals surface area contributed by atoms with Gasteiger partial charge < -0.3 is 10.4 Å². The molecule has 0 heterocycles. The summed E-state index contributed by atoms with van der Waals surface area (Å²) in [6.07, 6.45) is 0.659. The minimum absolute atomic E-state index is 0.153. The van der Waals surface area contributed by atoms with Gasteiger partial charge in [0, 0.05) is 29.4 Å². The predicted octanol–water partition coefficient (Wildman–Crippen LogP) is 4.79. The highest BCUT2D eigenvalue weighted by Crippen LogP contribution is 2.31. The van der Waals surface area contributed by atoms with Gasteiger partial charge in [-0.3, -0.25) is 0 Å². The molecule has 0 bridgehead atoms. The summed E-state index contributed by atoms with van der Waals surface area (Å²) < 4.78 is 0. The van der Waals surface area contributed by atoms with E-state index in [9.17, 15) is 0 Å². The number of benzene rings is 2. The minimum atomic E-state index is 0.153. The lowest BCUT2D eigenvalue weighted by atomic mass is 10.1. The first-order valence-corrected chi connectivity index (χ1v) is 7.31. The normalized spacial score (nSPS) is 10.6. The van der Waals surface area contributed by atoms with E-state index in [1.165, 1.54) is 0 Å². The van der Waals surface area contributed by atoms with Crippen molar-refractivity contribution in [2.75, 3.05) is 11.9 Å². The first kappa shape index (κ1) is 15.5. The standard InChI is InChI=1S/C15H14Cl3NO/c16-13-5-6-14(17)15(18)12(13)9-19-11-3-1-10(2-4-11)7-8-20/h1-6,19-20H,7-9H2. The second-order valence-electron chi connectivity index (χ2n) is 4.35. The summed E-state index contributed by atoms with van der Waals surface area (Å²) in [6, 6.07) is 11.3. The van der Waals surface area contributed by atoms with Crippen LogP contribution in [0.15, 0.2) is 36.4 Å². The van der Waals surface area contributed by atoms with E-state index in [0.29, 0.717) is 28.0 Å². The Kier molecular flexibility index (Phi) is 5.55. The van der Waals surface area contributed by atoms with Gasteiger partial charge in [0.15, 0.2) is 0 Å². The number of hydrogen-bond donors (Lipinski definition) is 2. The zero-order valence-electron chi connectivity index (χ0n) is 10.7. The molecule has 0 fully saturated rings. The highest BCUT2D eigenvalue weighted by molar-refractivity contribution is 6.44. The Balaban J connectivity index is 2.07. The van der Waals surface area contributed by atoms with Crippen molar-refractivity contribution in [1.82, 2.24) is 0 Å². The van der Waals surface area contributed by atoms with Crippen LogP contribution in [-0.4, -0.2) is 11.7 Å². The fourth-order valence-corrected chi connectivity index (χ4v) is 2.52. The molecular weight excluding hydrogens is 317 g/mol. The molecule has 0 radical (unpaired) electrons. The van der Waals surface area contributed by atoms with Gasteiger partial charge in [0.2, 0.25) is 0 Å². The molecule has 0 saturated carbocycles. The van der Waals surface area contributed by atoms with Gasteiger partial charge in [0.25, 0.3) is 0 Å². The topological polar surface area (TPSA) is 32.3 Å². The van der Waals surface area contributed by atoms with Crippen LogP contribution in [0.5, 0.6) is 0 Å². The van der Waals surface area contributed by atoms with E-state index < -0.39 is 0 Å². The van der Waals surface area contributed by atoms with Gasteiger partial charge in [0.05, 0.1) is 10.0 Å². The molecule has 2 aromatic carbocycles. The van der Waals surface area contributed by atoms with Crippen LogP contribution in [0.25, 0.3) is 0 Å². The van der Waals surface area contributed by atoms with Gasteiger partial charge in [-0.25, -0.2) is 0 Å². The maximum absolute atomic E-state index is 8.87. The Morgan fingerprint density at radius 3 is 2.20 bits per heavy atom. The van der Waals surface area contributed by atoms with Crippen LogP contribution in [0.1, 0.15) is 11.1 Å². The van der Waals surface area contributed by atoms with E-state index in [4.69, 9.17) is 39.9 Å². The van der Waals surface area contributed by atoms with Crippen molar-refractivity contribution >= 4 is 40.5 Å². The summed E-state index contributed by atoms with van der Waals surface area (Å²) in [4.78, 5) is 0. The third-order valence-corrected chi connectivity index (χ3v) is 4.16. The molecule has 5 heteroatoms. The van der Waals surface area contributed by atoms with E-state index in [1.54, 1.807) is 12.1 Å². The molecule has 106 valence electrons. The number of hydrogen-bond acceptors (Lipinski definition) is 2. The molecule has 0 atom stereocenters. The summed E-state index contributed by atoms with van der Waals surface area (Å²) in [5, 5.41) is 13.7. The third kappa shape index (κ3) is 3.80. The second kappa shape index (κ2) is 7.19. The molecule has 20 heavy (non-hydrogen) atoms. The average Bonchev–Trinajstić information content (AvgIpc) is 2.45. The molecule has 0 aliphatic carbocycles. The molecule has 0 saturated heterocycles. The molecular formula is C15H14Cl3NO. The number of aliphatic hydroxyl groups is 1. The predicted molar refractivity (Wildman–Crippen MR) is 86.0 cm³/mol. The van der Waals surface area contributed by atoms with E-state index in [-0.39, 0.29) is 6.61 Å². The lowest BCUT2D eigenvalue weighted by Gasteiger charge is -2.11. The summed E-state index contributed by atoms with van der Waals surface area (Å²) in [5.41, 5.74) is 2.83. The van der Waals surface area contributed by atoms with Gasteiger partial charge in [-0.05, 0) is 36.2 Å². The van der Waals surface area contributed by atoms with Gasteiger partial charge in [-0.1, -0.05) is 46.9 Å². The van der Waals surface area contributed by atoms with Crippen LogP contribution < -0.4 is 5.32 Å². The zero-order chi connectivity index (χ0) is 14.5. The van der Waals surface area contributed by atoms with Crippen molar-refractivity contribution < 1.29 is 5.11 Å². The van der Waals surface area contributed by atoms with Crippen LogP contribution >= 0.6 is 34.8 Å². The smallest absolute Gasteiger partial charge is 0.0657 e. The van der Waals surface area contributed by atoms with Gasteiger partial charge in [-0.15, -0.1) is 0 Å². The van der Waals surface area contributed by atoms with Gasteiger partial charge in [0.1, 0.15) is 0 Å². The highest BCUT2D eigenvalue weighted by atomic mass is 35.5. The summed E-state index contributed by atoms with van der Waals surface area (Å²) in [7, 11) is 0. The van der Waals surface area contributed by atoms with Crippen molar-refractivity contribution in [3.63, 3.8) is 0 Å². The molecule has 2 aromatic rings. The van der Waals surface area contributed by atoms with Crippen molar-refractivity contribution in [3.8, 4) is 0 Å². The molecule has 2 rings (SSSR count). The number of nitrogens with one attached hydrogen (secondary N) is 1. The molecule has 0 unspecified atom stereocenters. The van der Waals surface area contributed by atoms with Crippen molar-refractivity contribution in [1.29, 1.82) is 0 Å². The summed E-state index contributed by atoms with van der Waals surface area (Å²) in [5.74, 6) is 0. The SMILES string of the molecule is OCCc1ccc(NCc2c(Cl)ccc(Cl)c2Cl)cc1. The number of aliphatic hydroxyl groups excluding tert-OH is 1. The van der Waals surface area contributed by atoms with Crippen LogP contribution in [0.3, 0.4) is 0 Å². The molecule has 0 spiro atoms. The van der Waals surface area contributed by atoms with Crippen LogP contribution in [0.2, 0.25) is 15.1 Å². The van der Waals surface area contributed by atoms with Crippen LogP contribution in [0.4, 0.5) is 5.69 Å². The first-order chi connectivity index (χ1) is 9.61. The van der Waals surface area contributed by atoms with Crippen molar-refractivity contribution in [3.05, 3.63) is 62.6 Å². The van der Waals surface area contributed by atoms with Crippen molar-refractivity contribution in [2.24, 2.45) is 0 Å². The lowest BCUT2D eigenvalue weighted by Crippen LogP contribution is -2.01. The maximum Gasteiger partial charge on any atom is 0.0657 e. The van der Waals surface area contributed by atoms with E-state index in [1.807, 2.05) is 24.3 Å². The largest absolute Gasteiger partial charge is 0.396 e. The molecule has 0 aliphatic rings. The maximum atomic E-state index is 8.87. The van der Waals surface area contributed by atoms with Gasteiger partial charge >= 0.3 is 0 Å². The van der Waals surface area contributed by atoms with E-state index in [0.717, 1.165) is 16.8 Å². The number of anilines is 1. The fourth-order valence-electron chi connectivity index (χ4n) is 1.84. The van der Waals surface area contributed by atoms with E-state index in [2.05, 4.69) is 5.32 Å². The van der Waals surface area contributed by atoms with E-state index >= 15 is 0 Å². The average molecular weight is 331 g/mol. The Morgan fingerprint density at radius 2 is 1.55 bits per heavy atom. The molecule has 0 amide bonds. The Hall–Kier alpha value is -0.930. The number of rotatable bonds is 5. The highest BCUT2D eigenvalue weighted by Gasteiger charge is 2.09. The Morgan fingerprint density at radius 1 is 0.900 bits per heavy atom. The summed E-state index contributed by atoms with van der Waals surface area (Å²) in [6.45, 7) is 0.651. The zero-order valence-corrected chi connectivity index (χ0v) is 12.9. The molecule has 2 nitrogen and oxygen atoms in total. The third-order valence-electron chi connectivity index (χ3n) is 2.96. The van der Waals surface area contributed by atoms with Crippen LogP contribution in [-0.2, 0) is 13.0 Å². The summed E-state index contributed by atoms with van der Waals surface area (Å²) >= 11 is 18.3. The Labute approximate surface area is 133 Å². The monoisotopic (exact) mass is 329 g/mol. The molecule has 0 aromatic heterocycles. The molecule has 0 aliphatic heterocycles. The number of halogens is 3. The minimum Gasteiger partial charge on any atom is -0.396 e.